The minimum atomic E-state index is 0.522. The largest absolute Gasteiger partial charge is 0.327 e. The summed E-state index contributed by atoms with van der Waals surface area (Å²) in [7, 11) is 0. The monoisotopic (exact) mass is 155 g/mol. The van der Waals surface area contributed by atoms with E-state index in [0.717, 1.165) is 11.8 Å². The standard InChI is InChI=1S/C10H21N/c1-8(2)6-7-9-4-3-5-10(9)11/h8-10H,3-7,11H2,1-2H3. The molecule has 1 saturated carbocycles. The molecule has 2 atom stereocenters. The van der Waals surface area contributed by atoms with Crippen LogP contribution >= 0.6 is 0 Å². The molecule has 0 radical (unpaired) electrons. The summed E-state index contributed by atoms with van der Waals surface area (Å²) in [6, 6.07) is 0.522. The third-order valence-electron chi connectivity index (χ3n) is 2.83. The van der Waals surface area contributed by atoms with Gasteiger partial charge >= 0.3 is 0 Å². The molecule has 2 N–H and O–H groups in total. The molecular weight excluding hydrogens is 134 g/mol. The van der Waals surface area contributed by atoms with E-state index in [-0.39, 0.29) is 0 Å². The predicted molar refractivity (Wildman–Crippen MR) is 49.4 cm³/mol. The van der Waals surface area contributed by atoms with Crippen LogP contribution in [-0.4, -0.2) is 6.04 Å². The summed E-state index contributed by atoms with van der Waals surface area (Å²) in [5.74, 6) is 1.69. The summed E-state index contributed by atoms with van der Waals surface area (Å²) in [5, 5.41) is 0. The van der Waals surface area contributed by atoms with Gasteiger partial charge in [-0.2, -0.15) is 0 Å². The quantitative estimate of drug-likeness (QED) is 0.666. The van der Waals surface area contributed by atoms with Gasteiger partial charge in [0.05, 0.1) is 0 Å². The van der Waals surface area contributed by atoms with E-state index in [0.29, 0.717) is 6.04 Å². The highest BCUT2D eigenvalue weighted by Crippen LogP contribution is 2.28. The summed E-state index contributed by atoms with van der Waals surface area (Å²) in [6.07, 6.45) is 6.73. The van der Waals surface area contributed by atoms with Gasteiger partial charge in [0.1, 0.15) is 0 Å². The second-order valence-electron chi connectivity index (χ2n) is 4.33. The molecule has 1 nitrogen and oxygen atoms in total. The van der Waals surface area contributed by atoms with E-state index in [9.17, 15) is 0 Å². The van der Waals surface area contributed by atoms with Crippen LogP contribution in [0, 0.1) is 11.8 Å². The van der Waals surface area contributed by atoms with Crippen LogP contribution in [0.5, 0.6) is 0 Å². The molecule has 1 rings (SSSR count). The van der Waals surface area contributed by atoms with Gasteiger partial charge in [0, 0.05) is 6.04 Å². The number of hydrogen-bond donors (Lipinski definition) is 1. The Hall–Kier alpha value is -0.0400. The Bertz CT molecular complexity index is 109. The Morgan fingerprint density at radius 1 is 1.36 bits per heavy atom. The Morgan fingerprint density at radius 2 is 2.09 bits per heavy atom. The highest BCUT2D eigenvalue weighted by molar-refractivity contribution is 4.79. The van der Waals surface area contributed by atoms with E-state index in [1.54, 1.807) is 0 Å². The Kier molecular flexibility index (Phi) is 3.38. The van der Waals surface area contributed by atoms with Crippen molar-refractivity contribution in [2.75, 3.05) is 0 Å². The molecule has 0 aliphatic heterocycles. The van der Waals surface area contributed by atoms with Crippen molar-refractivity contribution in [3.63, 3.8) is 0 Å². The molecule has 0 aromatic heterocycles. The van der Waals surface area contributed by atoms with E-state index in [4.69, 9.17) is 5.73 Å². The van der Waals surface area contributed by atoms with Crippen LogP contribution < -0.4 is 5.73 Å². The lowest BCUT2D eigenvalue weighted by molar-refractivity contribution is 0.398. The zero-order valence-corrected chi connectivity index (χ0v) is 7.84. The van der Waals surface area contributed by atoms with Crippen LogP contribution in [-0.2, 0) is 0 Å². The second-order valence-corrected chi connectivity index (χ2v) is 4.33. The molecule has 2 unspecified atom stereocenters. The van der Waals surface area contributed by atoms with Crippen molar-refractivity contribution in [1.29, 1.82) is 0 Å². The molecule has 1 heteroatoms. The average Bonchev–Trinajstić information content (AvgIpc) is 2.31. The van der Waals surface area contributed by atoms with Crippen molar-refractivity contribution in [2.24, 2.45) is 17.6 Å². The molecule has 0 amide bonds. The maximum atomic E-state index is 5.97. The first-order chi connectivity index (χ1) is 5.20. The third kappa shape index (κ3) is 2.82. The second kappa shape index (κ2) is 4.10. The average molecular weight is 155 g/mol. The maximum absolute atomic E-state index is 5.97. The molecule has 1 aliphatic carbocycles. The van der Waals surface area contributed by atoms with Crippen LogP contribution in [0.4, 0.5) is 0 Å². The van der Waals surface area contributed by atoms with Gasteiger partial charge in [-0.1, -0.05) is 26.7 Å². The van der Waals surface area contributed by atoms with Crippen LogP contribution in [0.15, 0.2) is 0 Å². The molecule has 0 spiro atoms. The van der Waals surface area contributed by atoms with Gasteiger partial charge in [-0.05, 0) is 31.1 Å². The molecule has 11 heavy (non-hydrogen) atoms. The summed E-state index contributed by atoms with van der Waals surface area (Å²) in [6.45, 7) is 4.58. The van der Waals surface area contributed by atoms with Gasteiger partial charge in [0.25, 0.3) is 0 Å². The highest BCUT2D eigenvalue weighted by Gasteiger charge is 2.23. The zero-order chi connectivity index (χ0) is 8.27. The van der Waals surface area contributed by atoms with Crippen LogP contribution in [0.25, 0.3) is 0 Å². The number of nitrogens with two attached hydrogens (primary N) is 1. The highest BCUT2D eigenvalue weighted by atomic mass is 14.7. The number of hydrogen-bond acceptors (Lipinski definition) is 1. The molecule has 0 saturated heterocycles. The smallest absolute Gasteiger partial charge is 0.00671 e. The van der Waals surface area contributed by atoms with Gasteiger partial charge < -0.3 is 5.73 Å². The van der Waals surface area contributed by atoms with E-state index in [1.807, 2.05) is 0 Å². The first-order valence-electron chi connectivity index (χ1n) is 4.95. The molecule has 0 heterocycles. The Morgan fingerprint density at radius 3 is 2.55 bits per heavy atom. The molecule has 66 valence electrons. The fourth-order valence-electron chi connectivity index (χ4n) is 1.97. The van der Waals surface area contributed by atoms with Crippen molar-refractivity contribution in [2.45, 2.75) is 52.0 Å². The first-order valence-corrected chi connectivity index (χ1v) is 4.95. The van der Waals surface area contributed by atoms with Crippen LogP contribution in [0.2, 0.25) is 0 Å². The van der Waals surface area contributed by atoms with E-state index in [1.165, 1.54) is 32.1 Å². The lowest BCUT2D eigenvalue weighted by Crippen LogP contribution is -2.24. The minimum Gasteiger partial charge on any atom is -0.327 e. The normalized spacial score (nSPS) is 31.6. The molecule has 0 aromatic carbocycles. The van der Waals surface area contributed by atoms with Crippen LogP contribution in [0.1, 0.15) is 46.0 Å². The summed E-state index contributed by atoms with van der Waals surface area (Å²) >= 11 is 0. The minimum absolute atomic E-state index is 0.522. The molecule has 1 aliphatic rings. The fraction of sp³-hybridized carbons (Fsp3) is 1.00. The number of rotatable bonds is 3. The van der Waals surface area contributed by atoms with Gasteiger partial charge in [-0.15, -0.1) is 0 Å². The van der Waals surface area contributed by atoms with E-state index in [2.05, 4.69) is 13.8 Å². The van der Waals surface area contributed by atoms with Gasteiger partial charge in [0.2, 0.25) is 0 Å². The van der Waals surface area contributed by atoms with Crippen molar-refractivity contribution in [3.8, 4) is 0 Å². The summed E-state index contributed by atoms with van der Waals surface area (Å²) in [4.78, 5) is 0. The molecule has 0 aromatic rings. The Labute approximate surface area is 70.4 Å². The SMILES string of the molecule is CC(C)CCC1CCCC1N. The molecule has 0 bridgehead atoms. The lowest BCUT2D eigenvalue weighted by atomic mass is 9.94. The molecular formula is C10H21N. The van der Waals surface area contributed by atoms with Crippen molar-refractivity contribution < 1.29 is 0 Å². The van der Waals surface area contributed by atoms with Crippen molar-refractivity contribution in [1.82, 2.24) is 0 Å². The summed E-state index contributed by atoms with van der Waals surface area (Å²) < 4.78 is 0. The van der Waals surface area contributed by atoms with E-state index < -0.39 is 0 Å². The lowest BCUT2D eigenvalue weighted by Gasteiger charge is -2.15. The van der Waals surface area contributed by atoms with Gasteiger partial charge in [-0.25, -0.2) is 0 Å². The van der Waals surface area contributed by atoms with Gasteiger partial charge in [-0.3, -0.25) is 0 Å². The first kappa shape index (κ1) is 9.05. The Balaban J connectivity index is 2.15. The van der Waals surface area contributed by atoms with Crippen molar-refractivity contribution >= 4 is 0 Å². The topological polar surface area (TPSA) is 26.0 Å². The third-order valence-corrected chi connectivity index (χ3v) is 2.83. The van der Waals surface area contributed by atoms with Crippen LogP contribution in [0.3, 0.4) is 0 Å². The zero-order valence-electron chi connectivity index (χ0n) is 7.84. The predicted octanol–water partition coefficient (Wildman–Crippen LogP) is 2.55. The van der Waals surface area contributed by atoms with Crippen molar-refractivity contribution in [3.05, 3.63) is 0 Å². The van der Waals surface area contributed by atoms with E-state index >= 15 is 0 Å². The molecule has 1 fully saturated rings. The fourth-order valence-corrected chi connectivity index (χ4v) is 1.97. The van der Waals surface area contributed by atoms with Gasteiger partial charge in [0.15, 0.2) is 0 Å². The maximum Gasteiger partial charge on any atom is 0.00671 e. The summed E-state index contributed by atoms with van der Waals surface area (Å²) in [5.41, 5.74) is 5.97.